The maximum Gasteiger partial charge on any atom is 0.492 e. The minimum absolute atomic E-state index is 0.121. The highest BCUT2D eigenvalue weighted by molar-refractivity contribution is 7.84. The van der Waals surface area contributed by atoms with Crippen molar-refractivity contribution in [2.24, 2.45) is 0 Å². The molecule has 0 amide bonds. The first-order valence-electron chi connectivity index (χ1n) is 3.07. The van der Waals surface area contributed by atoms with Crippen LogP contribution in [0.5, 0.6) is 0 Å². The lowest BCUT2D eigenvalue weighted by molar-refractivity contribution is -0.0395. The highest BCUT2D eigenvalue weighted by Gasteiger charge is 2.39. The molecule has 1 heterocycles. The molecule has 0 saturated carbocycles. The van der Waals surface area contributed by atoms with E-state index in [1.807, 2.05) is 0 Å². The second-order valence-corrected chi connectivity index (χ2v) is 3.75. The topological polar surface area (TPSA) is 52.0 Å². The summed E-state index contributed by atoms with van der Waals surface area (Å²) in [5.74, 6) is 0. The van der Waals surface area contributed by atoms with Crippen LogP contribution in [0.1, 0.15) is 10.5 Å². The number of nitrogens with zero attached hydrogens (tertiary/aromatic N) is 2. The summed E-state index contributed by atoms with van der Waals surface area (Å²) in [5, 5.41) is 2.08. The van der Waals surface area contributed by atoms with E-state index in [0.29, 0.717) is 0 Å². The van der Waals surface area contributed by atoms with Crippen LogP contribution in [0.2, 0.25) is 0 Å². The van der Waals surface area contributed by atoms with E-state index in [9.17, 15) is 22.2 Å². The number of hydrogen-bond donors (Lipinski definition) is 0. The van der Waals surface area contributed by atoms with Crippen molar-refractivity contribution in [1.29, 1.82) is 0 Å². The van der Waals surface area contributed by atoms with Gasteiger partial charge in [0, 0.05) is 6.20 Å². The molecule has 0 N–H and O–H groups in total. The molecule has 0 aliphatic carbocycles. The molecular formula is C5H2ClF3N2O2S. The lowest BCUT2D eigenvalue weighted by Crippen LogP contribution is -2.23. The lowest BCUT2D eigenvalue weighted by atomic mass is 10.5. The first kappa shape index (κ1) is 11.2. The Balaban J connectivity index is 2.99. The number of carbonyl (C=O) groups excluding carboxylic acids is 1. The number of rotatable bonds is 2. The van der Waals surface area contributed by atoms with E-state index in [1.54, 1.807) is 0 Å². The van der Waals surface area contributed by atoms with Crippen LogP contribution < -0.4 is 0 Å². The van der Waals surface area contributed by atoms with E-state index in [-0.39, 0.29) is 9.78 Å². The molecule has 9 heteroatoms. The Hall–Kier alpha value is -0.890. The molecule has 0 aliphatic heterocycles. The maximum absolute atomic E-state index is 11.9. The Bertz CT molecular complexity index is 389. The van der Waals surface area contributed by atoms with Crippen LogP contribution >= 0.6 is 11.6 Å². The van der Waals surface area contributed by atoms with Gasteiger partial charge in [0.05, 0.1) is 0 Å². The summed E-state index contributed by atoms with van der Waals surface area (Å²) in [4.78, 5) is 10.4. The molecule has 0 saturated heterocycles. The van der Waals surface area contributed by atoms with Gasteiger partial charge >= 0.3 is 5.51 Å². The van der Waals surface area contributed by atoms with Gasteiger partial charge in [0.15, 0.2) is 0 Å². The predicted octanol–water partition coefficient (Wildman–Crippen LogP) is 1.29. The van der Waals surface area contributed by atoms with Gasteiger partial charge in [-0.25, -0.2) is 4.21 Å². The van der Waals surface area contributed by atoms with Crippen molar-refractivity contribution in [3.05, 3.63) is 18.0 Å². The third kappa shape index (κ3) is 2.32. The number of aromatic nitrogens is 2. The average molecular weight is 247 g/mol. The zero-order chi connectivity index (χ0) is 10.9. The number of alkyl halides is 3. The summed E-state index contributed by atoms with van der Waals surface area (Å²) in [6, 6.07) is 0.943. The highest BCUT2D eigenvalue weighted by Crippen LogP contribution is 2.20. The first-order valence-corrected chi connectivity index (χ1v) is 4.55. The third-order valence-electron chi connectivity index (χ3n) is 1.14. The minimum Gasteiger partial charge on any atom is -0.274 e. The quantitative estimate of drug-likeness (QED) is 0.739. The van der Waals surface area contributed by atoms with Gasteiger partial charge in [-0.3, -0.25) is 4.79 Å². The van der Waals surface area contributed by atoms with E-state index in [2.05, 4.69) is 5.10 Å². The van der Waals surface area contributed by atoms with Crippen molar-refractivity contribution >= 4 is 27.8 Å². The van der Waals surface area contributed by atoms with Crippen LogP contribution in [0.15, 0.2) is 12.3 Å². The van der Waals surface area contributed by atoms with Crippen molar-refractivity contribution in [3.63, 3.8) is 0 Å². The Morgan fingerprint density at radius 3 is 2.50 bits per heavy atom. The Morgan fingerprint density at radius 2 is 2.14 bits per heavy atom. The van der Waals surface area contributed by atoms with Gasteiger partial charge in [0.25, 0.3) is 5.24 Å². The maximum atomic E-state index is 11.9. The van der Waals surface area contributed by atoms with E-state index in [0.717, 1.165) is 12.3 Å². The van der Waals surface area contributed by atoms with E-state index in [4.69, 9.17) is 11.6 Å². The fourth-order valence-corrected chi connectivity index (χ4v) is 1.26. The first-order chi connectivity index (χ1) is 6.32. The Kier molecular flexibility index (Phi) is 2.95. The molecule has 0 radical (unpaired) electrons. The van der Waals surface area contributed by atoms with Crippen molar-refractivity contribution < 1.29 is 22.2 Å². The van der Waals surface area contributed by atoms with E-state index >= 15 is 0 Å². The monoisotopic (exact) mass is 246 g/mol. The van der Waals surface area contributed by atoms with Gasteiger partial charge < -0.3 is 0 Å². The van der Waals surface area contributed by atoms with Gasteiger partial charge in [-0.05, 0) is 17.7 Å². The molecule has 1 aromatic rings. The van der Waals surface area contributed by atoms with Crippen LogP contribution in [0.4, 0.5) is 13.2 Å². The minimum atomic E-state index is -4.92. The highest BCUT2D eigenvalue weighted by atomic mass is 35.5. The molecular weight excluding hydrogens is 245 g/mol. The Morgan fingerprint density at radius 1 is 1.57 bits per heavy atom. The molecule has 0 aliphatic rings. The normalized spacial score (nSPS) is 14.0. The summed E-state index contributed by atoms with van der Waals surface area (Å²) >= 11 is 4.94. The molecule has 1 aromatic heterocycles. The average Bonchev–Trinajstić information content (AvgIpc) is 2.48. The second kappa shape index (κ2) is 3.70. The summed E-state index contributed by atoms with van der Waals surface area (Å²) < 4.78 is 46.4. The smallest absolute Gasteiger partial charge is 0.274 e. The van der Waals surface area contributed by atoms with Crippen molar-refractivity contribution in [3.8, 4) is 0 Å². The molecule has 0 fully saturated rings. The van der Waals surface area contributed by atoms with E-state index < -0.39 is 21.7 Å². The fourth-order valence-electron chi connectivity index (χ4n) is 0.610. The zero-order valence-electron chi connectivity index (χ0n) is 6.29. The fraction of sp³-hybridized carbons (Fsp3) is 0.200. The third-order valence-corrected chi connectivity index (χ3v) is 2.27. The van der Waals surface area contributed by atoms with Crippen LogP contribution in [0.25, 0.3) is 0 Å². The number of carbonyl (C=O) groups is 1. The summed E-state index contributed by atoms with van der Waals surface area (Å²) in [6.45, 7) is 0. The summed E-state index contributed by atoms with van der Waals surface area (Å²) in [7, 11) is -3.30. The van der Waals surface area contributed by atoms with Gasteiger partial charge in [-0.1, -0.05) is 0 Å². The van der Waals surface area contributed by atoms with Crippen LogP contribution in [0.3, 0.4) is 0 Å². The van der Waals surface area contributed by atoms with Crippen LogP contribution in [-0.2, 0) is 11.0 Å². The molecule has 1 atom stereocenters. The second-order valence-electron chi connectivity index (χ2n) is 2.07. The Labute approximate surface area is 83.2 Å². The predicted molar refractivity (Wildman–Crippen MR) is 42.0 cm³/mol. The largest absolute Gasteiger partial charge is 0.492 e. The molecule has 1 rings (SSSR count). The van der Waals surface area contributed by atoms with Crippen molar-refractivity contribution in [2.45, 2.75) is 5.51 Å². The van der Waals surface area contributed by atoms with E-state index in [1.165, 1.54) is 0 Å². The van der Waals surface area contributed by atoms with Crippen molar-refractivity contribution in [2.75, 3.05) is 0 Å². The number of hydrogen-bond acceptors (Lipinski definition) is 3. The van der Waals surface area contributed by atoms with Gasteiger partial charge in [-0.2, -0.15) is 22.4 Å². The molecule has 4 nitrogen and oxygen atoms in total. The van der Waals surface area contributed by atoms with Crippen LogP contribution in [-0.4, -0.2) is 24.1 Å². The van der Waals surface area contributed by atoms with Gasteiger partial charge in [0.1, 0.15) is 5.69 Å². The molecule has 0 aromatic carbocycles. The summed E-state index contributed by atoms with van der Waals surface area (Å²) in [5.41, 5.74) is -5.30. The van der Waals surface area contributed by atoms with Gasteiger partial charge in [-0.15, -0.1) is 0 Å². The zero-order valence-corrected chi connectivity index (χ0v) is 7.86. The number of halogens is 4. The summed E-state index contributed by atoms with van der Waals surface area (Å²) in [6.07, 6.45) is 0.763. The SMILES string of the molecule is O=C(Cl)c1ccn(S(=O)C(F)(F)F)n1. The molecule has 78 valence electrons. The van der Waals surface area contributed by atoms with Gasteiger partial charge in [0.2, 0.25) is 11.0 Å². The van der Waals surface area contributed by atoms with Crippen LogP contribution in [0, 0.1) is 0 Å². The van der Waals surface area contributed by atoms with Crippen molar-refractivity contribution in [1.82, 2.24) is 9.19 Å². The lowest BCUT2D eigenvalue weighted by Gasteiger charge is -2.03. The molecule has 1 unspecified atom stereocenters. The molecule has 14 heavy (non-hydrogen) atoms. The molecule has 0 spiro atoms. The molecule has 0 bridgehead atoms. The standard InChI is InChI=1S/C5H2ClF3N2O2S/c6-4(12)3-1-2-11(10-3)14(13)5(7,8)9/h1-2H.